The molecule has 0 aliphatic heterocycles. The van der Waals surface area contributed by atoms with Crippen LogP contribution in [0.1, 0.15) is 37.7 Å². The summed E-state index contributed by atoms with van der Waals surface area (Å²) in [6.45, 7) is 0.315. The lowest BCUT2D eigenvalue weighted by Gasteiger charge is -2.21. The molecule has 4 rings (SSSR count). The average molecular weight is 462 g/mol. The molecule has 1 aliphatic carbocycles. The van der Waals surface area contributed by atoms with E-state index in [0.717, 1.165) is 18.5 Å². The maximum absolute atomic E-state index is 13.4. The van der Waals surface area contributed by atoms with Crippen LogP contribution in [0.2, 0.25) is 0 Å². The molecule has 6 nitrogen and oxygen atoms in total. The Morgan fingerprint density at radius 1 is 1.06 bits per heavy atom. The second-order valence-corrected chi connectivity index (χ2v) is 8.47. The number of aromatic nitrogens is 2. The summed E-state index contributed by atoms with van der Waals surface area (Å²) in [7, 11) is 0. The van der Waals surface area contributed by atoms with E-state index >= 15 is 0 Å². The number of halogens is 1. The van der Waals surface area contributed by atoms with Gasteiger partial charge in [0.25, 0.3) is 5.91 Å². The van der Waals surface area contributed by atoms with Gasteiger partial charge in [0, 0.05) is 29.9 Å². The molecule has 1 N–H and O–H groups in total. The largest absolute Gasteiger partial charge is 0.452 e. The first-order valence-electron chi connectivity index (χ1n) is 11.6. The molecular weight excluding hydrogens is 433 g/mol. The number of nitrogens with zero attached hydrogens (tertiary/aromatic N) is 2. The maximum atomic E-state index is 13.4. The number of ether oxygens (including phenoxy) is 1. The number of carbonyl (C=O) groups excluding carboxylic acids is 2. The summed E-state index contributed by atoms with van der Waals surface area (Å²) in [6, 6.07) is 15.6. The van der Waals surface area contributed by atoms with Crippen LogP contribution >= 0.6 is 0 Å². The predicted octanol–water partition coefficient (Wildman–Crippen LogP) is 4.93. The zero-order valence-corrected chi connectivity index (χ0v) is 19.0. The number of benzene rings is 2. The molecule has 2 aromatic carbocycles. The number of rotatable bonds is 8. The smallest absolute Gasteiger partial charge is 0.331 e. The number of carbonyl (C=O) groups is 2. The van der Waals surface area contributed by atoms with Crippen molar-refractivity contribution >= 4 is 18.0 Å². The first kappa shape index (κ1) is 23.4. The van der Waals surface area contributed by atoms with E-state index in [-0.39, 0.29) is 18.3 Å². The molecule has 0 unspecified atom stereocenters. The number of hydrogen-bond donors (Lipinski definition) is 1. The Hall–Kier alpha value is -3.74. The van der Waals surface area contributed by atoms with Crippen LogP contribution < -0.4 is 5.32 Å². The van der Waals surface area contributed by atoms with Crippen LogP contribution in [0, 0.1) is 11.7 Å². The van der Waals surface area contributed by atoms with Gasteiger partial charge in [-0.2, -0.15) is 5.10 Å². The third-order valence-electron chi connectivity index (χ3n) is 5.94. The van der Waals surface area contributed by atoms with Gasteiger partial charge in [-0.25, -0.2) is 13.9 Å². The van der Waals surface area contributed by atoms with Crippen LogP contribution in [0.15, 0.2) is 66.9 Å². The Bertz CT molecular complexity index is 1130. The molecule has 0 saturated heterocycles. The molecule has 1 amide bonds. The summed E-state index contributed by atoms with van der Waals surface area (Å²) in [4.78, 5) is 24.3. The van der Waals surface area contributed by atoms with Gasteiger partial charge in [0.05, 0.1) is 11.4 Å². The Labute approximate surface area is 198 Å². The molecule has 0 atom stereocenters. The van der Waals surface area contributed by atoms with Crippen LogP contribution in [0.3, 0.4) is 0 Å². The number of hydrogen-bond acceptors (Lipinski definition) is 4. The first-order chi connectivity index (χ1) is 16.6. The van der Waals surface area contributed by atoms with Crippen molar-refractivity contribution in [1.82, 2.24) is 15.1 Å². The fourth-order valence-electron chi connectivity index (χ4n) is 4.10. The topological polar surface area (TPSA) is 73.2 Å². The Balaban J connectivity index is 1.40. The highest BCUT2D eigenvalue weighted by molar-refractivity contribution is 5.90. The van der Waals surface area contributed by atoms with Crippen LogP contribution in [-0.2, 0) is 14.3 Å². The van der Waals surface area contributed by atoms with Crippen molar-refractivity contribution in [3.63, 3.8) is 0 Å². The molecule has 1 saturated carbocycles. The van der Waals surface area contributed by atoms with Gasteiger partial charge in [-0.05, 0) is 61.2 Å². The lowest BCUT2D eigenvalue weighted by atomic mass is 9.89. The lowest BCUT2D eigenvalue weighted by Crippen LogP contribution is -2.33. The van der Waals surface area contributed by atoms with E-state index in [1.165, 1.54) is 37.5 Å². The SMILES string of the molecule is O=C(COC(=O)C=Cc1cn(-c2ccccc2)nc1-c1ccc(F)cc1)NCC1CCCCC1. The molecule has 0 bridgehead atoms. The van der Waals surface area contributed by atoms with Gasteiger partial charge in [-0.15, -0.1) is 0 Å². The molecule has 1 heterocycles. The van der Waals surface area contributed by atoms with Gasteiger partial charge in [-0.1, -0.05) is 37.5 Å². The molecule has 1 fully saturated rings. The van der Waals surface area contributed by atoms with Gasteiger partial charge < -0.3 is 10.1 Å². The zero-order chi connectivity index (χ0) is 23.8. The minimum Gasteiger partial charge on any atom is -0.452 e. The minimum absolute atomic E-state index is 0.295. The van der Waals surface area contributed by atoms with E-state index in [9.17, 15) is 14.0 Å². The van der Waals surface area contributed by atoms with Gasteiger partial charge in [0.1, 0.15) is 5.82 Å². The van der Waals surface area contributed by atoms with Crippen molar-refractivity contribution in [1.29, 1.82) is 0 Å². The first-order valence-corrected chi connectivity index (χ1v) is 11.6. The van der Waals surface area contributed by atoms with Crippen LogP contribution in [0.4, 0.5) is 4.39 Å². The summed E-state index contributed by atoms with van der Waals surface area (Å²) in [6.07, 6.45) is 10.6. The van der Waals surface area contributed by atoms with E-state index in [1.807, 2.05) is 30.3 Å². The quantitative estimate of drug-likeness (QED) is 0.381. The fraction of sp³-hybridized carbons (Fsp3) is 0.296. The Kier molecular flexibility index (Phi) is 7.86. The minimum atomic E-state index is -0.620. The standard InChI is InChI=1S/C27H28FN3O3/c28-23-14-11-21(12-15-23)27-22(18-31(30-27)24-9-5-2-6-10-24)13-16-26(33)34-19-25(32)29-17-20-7-3-1-4-8-20/h2,5-6,9-16,18,20H,1,3-4,7-8,17,19H2,(H,29,32). The van der Waals surface area contributed by atoms with Crippen molar-refractivity contribution in [2.24, 2.45) is 5.92 Å². The van der Waals surface area contributed by atoms with Crippen molar-refractivity contribution in [3.8, 4) is 16.9 Å². The summed E-state index contributed by atoms with van der Waals surface area (Å²) in [5, 5.41) is 7.48. The fourth-order valence-corrected chi connectivity index (χ4v) is 4.10. The number of esters is 1. The second kappa shape index (κ2) is 11.4. The highest BCUT2D eigenvalue weighted by Gasteiger charge is 2.15. The summed E-state index contributed by atoms with van der Waals surface area (Å²) in [5.74, 6) is -0.741. The van der Waals surface area contributed by atoms with Crippen molar-refractivity contribution in [2.75, 3.05) is 13.2 Å². The molecule has 0 radical (unpaired) electrons. The van der Waals surface area contributed by atoms with Crippen molar-refractivity contribution in [2.45, 2.75) is 32.1 Å². The predicted molar refractivity (Wildman–Crippen MR) is 129 cm³/mol. The van der Waals surface area contributed by atoms with E-state index < -0.39 is 5.97 Å². The molecule has 34 heavy (non-hydrogen) atoms. The van der Waals surface area contributed by atoms with E-state index in [0.29, 0.717) is 29.3 Å². The van der Waals surface area contributed by atoms with E-state index in [1.54, 1.807) is 29.1 Å². The molecule has 7 heteroatoms. The summed E-state index contributed by atoms with van der Waals surface area (Å²) < 4.78 is 20.2. The van der Waals surface area contributed by atoms with Gasteiger partial charge in [-0.3, -0.25) is 4.79 Å². The molecule has 1 aliphatic rings. The van der Waals surface area contributed by atoms with Gasteiger partial charge in [0.15, 0.2) is 6.61 Å². The van der Waals surface area contributed by atoms with Crippen LogP contribution in [0.25, 0.3) is 23.0 Å². The molecule has 176 valence electrons. The molecule has 1 aromatic heterocycles. The van der Waals surface area contributed by atoms with E-state index in [2.05, 4.69) is 10.4 Å². The van der Waals surface area contributed by atoms with Gasteiger partial charge in [0.2, 0.25) is 0 Å². The average Bonchev–Trinajstić information content (AvgIpc) is 3.31. The third kappa shape index (κ3) is 6.41. The van der Waals surface area contributed by atoms with Crippen LogP contribution in [-0.4, -0.2) is 34.8 Å². The number of para-hydroxylation sites is 1. The maximum Gasteiger partial charge on any atom is 0.331 e. The van der Waals surface area contributed by atoms with Gasteiger partial charge >= 0.3 is 5.97 Å². The summed E-state index contributed by atoms with van der Waals surface area (Å²) >= 11 is 0. The molecule has 0 spiro atoms. The highest BCUT2D eigenvalue weighted by atomic mass is 19.1. The zero-order valence-electron chi connectivity index (χ0n) is 19.0. The van der Waals surface area contributed by atoms with Crippen molar-refractivity contribution in [3.05, 3.63) is 78.3 Å². The monoisotopic (exact) mass is 461 g/mol. The number of amides is 1. The number of nitrogens with one attached hydrogen (secondary N) is 1. The third-order valence-corrected chi connectivity index (χ3v) is 5.94. The molecule has 3 aromatic rings. The van der Waals surface area contributed by atoms with E-state index in [4.69, 9.17) is 4.74 Å². The second-order valence-electron chi connectivity index (χ2n) is 8.47. The lowest BCUT2D eigenvalue weighted by molar-refractivity contribution is -0.143. The van der Waals surface area contributed by atoms with Crippen molar-refractivity contribution < 1.29 is 18.7 Å². The normalized spacial score (nSPS) is 14.3. The van der Waals surface area contributed by atoms with Crippen LogP contribution in [0.5, 0.6) is 0 Å². The summed E-state index contributed by atoms with van der Waals surface area (Å²) in [5.41, 5.74) is 2.82. The molecular formula is C27H28FN3O3. The Morgan fingerprint density at radius 3 is 2.53 bits per heavy atom. The Morgan fingerprint density at radius 2 is 1.79 bits per heavy atom. The highest BCUT2D eigenvalue weighted by Crippen LogP contribution is 2.25.